The molecule has 0 unspecified atom stereocenters. The fourth-order valence-electron chi connectivity index (χ4n) is 2.45. The first-order valence-electron chi connectivity index (χ1n) is 5.70. The van der Waals surface area contributed by atoms with Crippen LogP contribution in [0.4, 0.5) is 0 Å². The van der Waals surface area contributed by atoms with E-state index in [2.05, 4.69) is 13.8 Å². The second-order valence-electron chi connectivity index (χ2n) is 5.64. The van der Waals surface area contributed by atoms with Crippen molar-refractivity contribution in [3.63, 3.8) is 0 Å². The topological polar surface area (TPSA) is 35.2 Å². The third-order valence-electron chi connectivity index (χ3n) is 3.45. The van der Waals surface area contributed by atoms with E-state index in [0.717, 1.165) is 35.6 Å². The van der Waals surface area contributed by atoms with E-state index in [0.29, 0.717) is 0 Å². The maximum Gasteiger partial charge on any atom is 0.128 e. The van der Waals surface area contributed by atoms with Gasteiger partial charge in [0.05, 0.1) is 0 Å². The normalized spacial score (nSPS) is 23.8. The Morgan fingerprint density at radius 3 is 2.62 bits per heavy atom. The highest BCUT2D eigenvalue weighted by Crippen LogP contribution is 2.51. The van der Waals surface area contributed by atoms with Crippen LogP contribution in [-0.2, 0) is 12.0 Å². The monoisotopic (exact) mass is 237 g/mol. The SMILES string of the molecule is CC1(C)Cc2cc(Cl)cc(C3(N)CC3)c2O1. The minimum absolute atomic E-state index is 0.132. The molecule has 3 heteroatoms. The van der Waals surface area contributed by atoms with E-state index in [1.807, 2.05) is 12.1 Å². The molecule has 2 N–H and O–H groups in total. The van der Waals surface area contributed by atoms with Crippen LogP contribution in [0, 0.1) is 0 Å². The van der Waals surface area contributed by atoms with Gasteiger partial charge in [0.1, 0.15) is 11.4 Å². The van der Waals surface area contributed by atoms with Crippen LogP contribution in [0.1, 0.15) is 37.8 Å². The molecule has 3 rings (SSSR count). The van der Waals surface area contributed by atoms with Crippen molar-refractivity contribution in [2.75, 3.05) is 0 Å². The largest absolute Gasteiger partial charge is 0.487 e. The second kappa shape index (κ2) is 2.93. The first-order chi connectivity index (χ1) is 7.40. The van der Waals surface area contributed by atoms with Crippen LogP contribution < -0.4 is 10.5 Å². The molecule has 86 valence electrons. The van der Waals surface area contributed by atoms with Gasteiger partial charge in [-0.2, -0.15) is 0 Å². The minimum Gasteiger partial charge on any atom is -0.487 e. The molecule has 0 radical (unpaired) electrons. The standard InChI is InChI=1S/C13H16ClNO/c1-12(2)7-8-5-9(14)6-10(11(8)16-12)13(15)3-4-13/h5-6H,3-4,7,15H2,1-2H3. The summed E-state index contributed by atoms with van der Waals surface area (Å²) in [7, 11) is 0. The van der Waals surface area contributed by atoms with E-state index in [4.69, 9.17) is 22.1 Å². The smallest absolute Gasteiger partial charge is 0.128 e. The Labute approximate surface area is 101 Å². The molecular weight excluding hydrogens is 222 g/mol. The van der Waals surface area contributed by atoms with E-state index < -0.39 is 0 Å². The van der Waals surface area contributed by atoms with Gasteiger partial charge in [0, 0.05) is 22.5 Å². The Morgan fingerprint density at radius 2 is 2.00 bits per heavy atom. The Hall–Kier alpha value is -0.730. The Bertz CT molecular complexity index is 463. The fourth-order valence-corrected chi connectivity index (χ4v) is 2.69. The van der Waals surface area contributed by atoms with E-state index in [1.54, 1.807) is 0 Å². The van der Waals surface area contributed by atoms with Gasteiger partial charge < -0.3 is 10.5 Å². The van der Waals surface area contributed by atoms with Crippen molar-refractivity contribution in [2.24, 2.45) is 5.73 Å². The summed E-state index contributed by atoms with van der Waals surface area (Å²) in [4.78, 5) is 0. The Kier molecular flexibility index (Phi) is 1.91. The molecule has 0 bridgehead atoms. The van der Waals surface area contributed by atoms with Crippen LogP contribution in [-0.4, -0.2) is 5.60 Å². The zero-order valence-corrected chi connectivity index (χ0v) is 10.4. The average Bonchev–Trinajstić information content (AvgIpc) is 2.80. The first-order valence-corrected chi connectivity index (χ1v) is 6.08. The van der Waals surface area contributed by atoms with E-state index in [9.17, 15) is 0 Å². The Morgan fingerprint density at radius 1 is 1.31 bits per heavy atom. The number of fused-ring (bicyclic) bond motifs is 1. The molecule has 1 fully saturated rings. The minimum atomic E-state index is -0.185. The predicted octanol–water partition coefficient (Wildman–Crippen LogP) is 3.00. The third-order valence-corrected chi connectivity index (χ3v) is 3.67. The van der Waals surface area contributed by atoms with Crippen LogP contribution in [0.15, 0.2) is 12.1 Å². The van der Waals surface area contributed by atoms with Crippen LogP contribution in [0.25, 0.3) is 0 Å². The van der Waals surface area contributed by atoms with Crippen LogP contribution in [0.2, 0.25) is 5.02 Å². The molecule has 16 heavy (non-hydrogen) atoms. The number of halogens is 1. The molecule has 1 aliphatic heterocycles. The number of rotatable bonds is 1. The van der Waals surface area contributed by atoms with Gasteiger partial charge in [0.15, 0.2) is 0 Å². The summed E-state index contributed by atoms with van der Waals surface area (Å²) in [5.41, 5.74) is 8.24. The molecule has 0 amide bonds. The van der Waals surface area contributed by atoms with Crippen molar-refractivity contribution in [3.05, 3.63) is 28.3 Å². The summed E-state index contributed by atoms with van der Waals surface area (Å²) in [6.45, 7) is 4.20. The van der Waals surface area contributed by atoms with Crippen LogP contribution in [0.5, 0.6) is 5.75 Å². The van der Waals surface area contributed by atoms with Gasteiger partial charge in [-0.05, 0) is 44.4 Å². The number of ether oxygens (including phenoxy) is 1. The highest BCUT2D eigenvalue weighted by molar-refractivity contribution is 6.30. The summed E-state index contributed by atoms with van der Waals surface area (Å²) in [6, 6.07) is 3.97. The summed E-state index contributed by atoms with van der Waals surface area (Å²) in [6.07, 6.45) is 2.97. The van der Waals surface area contributed by atoms with Gasteiger partial charge in [-0.15, -0.1) is 0 Å². The lowest BCUT2D eigenvalue weighted by Crippen LogP contribution is -2.26. The number of hydrogen-bond acceptors (Lipinski definition) is 2. The molecule has 1 saturated carbocycles. The van der Waals surface area contributed by atoms with Crippen molar-refractivity contribution in [3.8, 4) is 5.75 Å². The van der Waals surface area contributed by atoms with Crippen molar-refractivity contribution in [1.29, 1.82) is 0 Å². The fraction of sp³-hybridized carbons (Fsp3) is 0.538. The highest BCUT2D eigenvalue weighted by atomic mass is 35.5. The number of nitrogens with two attached hydrogens (primary N) is 1. The van der Waals surface area contributed by atoms with Gasteiger partial charge in [-0.1, -0.05) is 11.6 Å². The van der Waals surface area contributed by atoms with Crippen LogP contribution in [0.3, 0.4) is 0 Å². The first kappa shape index (κ1) is 10.4. The lowest BCUT2D eigenvalue weighted by Gasteiger charge is -2.20. The Balaban J connectivity index is 2.14. The molecule has 0 aromatic heterocycles. The molecule has 0 atom stereocenters. The summed E-state index contributed by atoms with van der Waals surface area (Å²) < 4.78 is 6.01. The summed E-state index contributed by atoms with van der Waals surface area (Å²) >= 11 is 6.14. The summed E-state index contributed by atoms with van der Waals surface area (Å²) in [5.74, 6) is 0.981. The maximum absolute atomic E-state index is 6.26. The zero-order valence-electron chi connectivity index (χ0n) is 9.64. The molecule has 2 nitrogen and oxygen atoms in total. The zero-order chi connectivity index (χ0) is 11.6. The maximum atomic E-state index is 6.26. The van der Waals surface area contributed by atoms with Crippen molar-refractivity contribution in [2.45, 2.75) is 44.2 Å². The number of benzene rings is 1. The molecule has 1 heterocycles. The molecule has 1 aliphatic carbocycles. The van der Waals surface area contributed by atoms with Gasteiger partial charge in [-0.3, -0.25) is 0 Å². The molecule has 2 aliphatic rings. The quantitative estimate of drug-likeness (QED) is 0.815. The lowest BCUT2D eigenvalue weighted by atomic mass is 9.97. The van der Waals surface area contributed by atoms with Crippen molar-refractivity contribution < 1.29 is 4.74 Å². The second-order valence-corrected chi connectivity index (χ2v) is 6.07. The van der Waals surface area contributed by atoms with Gasteiger partial charge >= 0.3 is 0 Å². The molecule has 0 saturated heterocycles. The van der Waals surface area contributed by atoms with E-state index in [-0.39, 0.29) is 11.1 Å². The average molecular weight is 238 g/mol. The van der Waals surface area contributed by atoms with Gasteiger partial charge in [0.2, 0.25) is 0 Å². The van der Waals surface area contributed by atoms with E-state index in [1.165, 1.54) is 5.56 Å². The van der Waals surface area contributed by atoms with Crippen LogP contribution >= 0.6 is 11.6 Å². The van der Waals surface area contributed by atoms with E-state index >= 15 is 0 Å². The molecular formula is C13H16ClNO. The van der Waals surface area contributed by atoms with Gasteiger partial charge in [0.25, 0.3) is 0 Å². The third kappa shape index (κ3) is 1.52. The number of hydrogen-bond donors (Lipinski definition) is 1. The highest BCUT2D eigenvalue weighted by Gasteiger charge is 2.45. The molecule has 0 spiro atoms. The summed E-state index contributed by atoms with van der Waals surface area (Å²) in [5, 5.41) is 0.770. The van der Waals surface area contributed by atoms with Gasteiger partial charge in [-0.25, -0.2) is 0 Å². The van der Waals surface area contributed by atoms with Crippen molar-refractivity contribution >= 4 is 11.6 Å². The lowest BCUT2D eigenvalue weighted by molar-refractivity contribution is 0.136. The predicted molar refractivity (Wildman–Crippen MR) is 65.0 cm³/mol. The molecule has 1 aromatic carbocycles. The molecule has 1 aromatic rings. The van der Waals surface area contributed by atoms with Crippen molar-refractivity contribution in [1.82, 2.24) is 0 Å².